The molecule has 0 spiro atoms. The van der Waals surface area contributed by atoms with Gasteiger partial charge in [0.1, 0.15) is 0 Å². The summed E-state index contributed by atoms with van der Waals surface area (Å²) in [6, 6.07) is 5.01. The Bertz CT molecular complexity index is 732. The predicted molar refractivity (Wildman–Crippen MR) is 101 cm³/mol. The average molecular weight is 478 g/mol. The molecule has 1 aromatic heterocycles. The van der Waals surface area contributed by atoms with Crippen molar-refractivity contribution in [2.75, 3.05) is 21.3 Å². The van der Waals surface area contributed by atoms with E-state index in [0.717, 1.165) is 13.1 Å². The molecule has 0 radical (unpaired) electrons. The van der Waals surface area contributed by atoms with E-state index >= 15 is 0 Å². The molecule has 1 heterocycles. The van der Waals surface area contributed by atoms with Crippen LogP contribution in [0.25, 0.3) is 0 Å². The number of carbonyl (C=O) groups is 1. The fourth-order valence-electron chi connectivity index (χ4n) is 1.86. The van der Waals surface area contributed by atoms with Crippen molar-refractivity contribution in [3.8, 4) is 17.2 Å². The number of nitrogens with one attached hydrogen (secondary N) is 1. The lowest BCUT2D eigenvalue weighted by Gasteiger charge is -2.13. The topological polar surface area (TPSA) is 69.2 Å². The van der Waals surface area contributed by atoms with Crippen molar-refractivity contribution >= 4 is 55.3 Å². The highest BCUT2D eigenvalue weighted by molar-refractivity contribution is 9.13. The minimum absolute atomic E-state index is 0.343. The molecule has 24 heavy (non-hydrogen) atoms. The Hall–Kier alpha value is -1.58. The van der Waals surface area contributed by atoms with Crippen LogP contribution in [0.15, 0.2) is 31.6 Å². The quantitative estimate of drug-likeness (QED) is 0.503. The predicted octanol–water partition coefficient (Wildman–Crippen LogP) is 4.06. The maximum Gasteiger partial charge on any atom is 0.271 e. The van der Waals surface area contributed by atoms with Crippen molar-refractivity contribution in [3.63, 3.8) is 0 Å². The number of carbonyl (C=O) groups excluding carboxylic acids is 1. The van der Waals surface area contributed by atoms with E-state index in [1.165, 1.54) is 32.7 Å². The number of thiophene rings is 1. The van der Waals surface area contributed by atoms with E-state index in [4.69, 9.17) is 14.2 Å². The van der Waals surface area contributed by atoms with E-state index in [0.29, 0.717) is 22.8 Å². The van der Waals surface area contributed by atoms with Crippen molar-refractivity contribution in [1.82, 2.24) is 5.43 Å². The van der Waals surface area contributed by atoms with E-state index in [9.17, 15) is 4.79 Å². The smallest absolute Gasteiger partial charge is 0.271 e. The lowest BCUT2D eigenvalue weighted by molar-refractivity contribution is 0.0954. The molecule has 9 heteroatoms. The van der Waals surface area contributed by atoms with Gasteiger partial charge in [0, 0.05) is 14.9 Å². The van der Waals surface area contributed by atoms with E-state index < -0.39 is 0 Å². The minimum atomic E-state index is -0.389. The van der Waals surface area contributed by atoms with E-state index in [-0.39, 0.29) is 5.91 Å². The first-order valence-electron chi connectivity index (χ1n) is 6.58. The number of hydrogen-bond acceptors (Lipinski definition) is 6. The van der Waals surface area contributed by atoms with Crippen molar-refractivity contribution in [2.45, 2.75) is 0 Å². The van der Waals surface area contributed by atoms with Crippen molar-refractivity contribution < 1.29 is 19.0 Å². The van der Waals surface area contributed by atoms with Gasteiger partial charge >= 0.3 is 0 Å². The Morgan fingerprint density at radius 3 is 2.21 bits per heavy atom. The highest BCUT2D eigenvalue weighted by Gasteiger charge is 2.16. The maximum absolute atomic E-state index is 12.3. The van der Waals surface area contributed by atoms with Crippen LogP contribution in [0.1, 0.15) is 15.2 Å². The molecule has 0 aliphatic carbocycles. The highest BCUT2D eigenvalue weighted by atomic mass is 79.9. The fourth-order valence-corrected chi connectivity index (χ4v) is 3.82. The zero-order chi connectivity index (χ0) is 17.7. The molecule has 128 valence electrons. The molecular formula is C15H14Br2N2O4S. The van der Waals surface area contributed by atoms with Crippen molar-refractivity contribution in [1.29, 1.82) is 0 Å². The van der Waals surface area contributed by atoms with Gasteiger partial charge in [0.15, 0.2) is 11.5 Å². The van der Waals surface area contributed by atoms with Crippen LogP contribution in [0, 0.1) is 0 Å². The second-order valence-electron chi connectivity index (χ2n) is 4.38. The van der Waals surface area contributed by atoms with Gasteiger partial charge in [0.2, 0.25) is 5.75 Å². The first kappa shape index (κ1) is 18.8. The molecule has 0 fully saturated rings. The molecule has 6 nitrogen and oxygen atoms in total. The van der Waals surface area contributed by atoms with Crippen molar-refractivity contribution in [2.24, 2.45) is 5.10 Å². The summed E-state index contributed by atoms with van der Waals surface area (Å²) in [5.74, 6) is 0.836. The van der Waals surface area contributed by atoms with Crippen LogP contribution >= 0.6 is 43.2 Å². The number of methoxy groups -OCH3 is 3. The molecule has 1 amide bonds. The summed E-state index contributed by atoms with van der Waals surface area (Å²) < 4.78 is 17.6. The van der Waals surface area contributed by atoms with E-state index in [1.54, 1.807) is 18.3 Å². The Balaban J connectivity index is 2.17. The van der Waals surface area contributed by atoms with Gasteiger partial charge in [0.25, 0.3) is 5.91 Å². The second kappa shape index (κ2) is 8.50. The first-order valence-corrected chi connectivity index (χ1v) is 8.98. The number of ether oxygens (including phenoxy) is 3. The molecule has 1 aromatic carbocycles. The molecule has 0 saturated heterocycles. The number of benzene rings is 1. The number of hydrogen-bond donors (Lipinski definition) is 1. The van der Waals surface area contributed by atoms with Crippen LogP contribution in [0.3, 0.4) is 0 Å². The summed E-state index contributed by atoms with van der Waals surface area (Å²) in [5, 5.41) is 3.96. The molecule has 0 unspecified atom stereocenters. The summed E-state index contributed by atoms with van der Waals surface area (Å²) in [4.78, 5) is 13.1. The van der Waals surface area contributed by atoms with Gasteiger partial charge in [-0.15, -0.1) is 11.3 Å². The van der Waals surface area contributed by atoms with E-state index in [2.05, 4.69) is 42.4 Å². The van der Waals surface area contributed by atoms with Gasteiger partial charge < -0.3 is 14.2 Å². The Morgan fingerprint density at radius 1 is 1.12 bits per heavy atom. The number of amides is 1. The molecule has 0 aliphatic heterocycles. The van der Waals surface area contributed by atoms with E-state index in [1.807, 2.05) is 6.07 Å². The molecule has 2 rings (SSSR count). The van der Waals surface area contributed by atoms with Crippen molar-refractivity contribution in [3.05, 3.63) is 36.9 Å². The molecular weight excluding hydrogens is 464 g/mol. The molecule has 0 aliphatic rings. The summed E-state index contributed by atoms with van der Waals surface area (Å²) in [6.45, 7) is 0. The molecule has 0 bridgehead atoms. The van der Waals surface area contributed by atoms with Gasteiger partial charge in [-0.2, -0.15) is 5.10 Å². The number of halogens is 2. The van der Waals surface area contributed by atoms with Gasteiger partial charge in [0.05, 0.1) is 31.3 Å². The SMILES string of the molecule is COc1cc(C(=O)NN=Cc2cc(Br)c(Br)s2)cc(OC)c1OC. The third-order valence-corrected chi connectivity index (χ3v) is 6.14. The van der Waals surface area contributed by atoms with Gasteiger partial charge in [-0.3, -0.25) is 4.79 Å². The van der Waals surface area contributed by atoms with Crippen LogP contribution in [0.4, 0.5) is 0 Å². The first-order chi connectivity index (χ1) is 11.5. The maximum atomic E-state index is 12.3. The molecule has 1 N–H and O–H groups in total. The summed E-state index contributed by atoms with van der Waals surface area (Å²) in [5.41, 5.74) is 2.81. The Labute approximate surface area is 160 Å². The summed E-state index contributed by atoms with van der Waals surface area (Å²) >= 11 is 8.29. The van der Waals surface area contributed by atoms with Crippen LogP contribution in [-0.4, -0.2) is 33.5 Å². The van der Waals surface area contributed by atoms with Crippen LogP contribution in [-0.2, 0) is 0 Å². The summed E-state index contributed by atoms with van der Waals surface area (Å²) in [7, 11) is 4.48. The summed E-state index contributed by atoms with van der Waals surface area (Å²) in [6.07, 6.45) is 1.57. The highest BCUT2D eigenvalue weighted by Crippen LogP contribution is 2.38. The fraction of sp³-hybridized carbons (Fsp3) is 0.200. The number of hydrazone groups is 1. The largest absolute Gasteiger partial charge is 0.493 e. The van der Waals surface area contributed by atoms with Crippen LogP contribution in [0.5, 0.6) is 17.2 Å². The Kier molecular flexibility index (Phi) is 6.64. The van der Waals surface area contributed by atoms with Gasteiger partial charge in [-0.1, -0.05) is 0 Å². The zero-order valence-electron chi connectivity index (χ0n) is 13.1. The molecule has 2 aromatic rings. The van der Waals surface area contributed by atoms with Gasteiger partial charge in [-0.05, 0) is 50.1 Å². The van der Waals surface area contributed by atoms with Crippen LogP contribution < -0.4 is 19.6 Å². The second-order valence-corrected chi connectivity index (χ2v) is 7.64. The number of rotatable bonds is 6. The van der Waals surface area contributed by atoms with Crippen LogP contribution in [0.2, 0.25) is 0 Å². The molecule has 0 saturated carbocycles. The van der Waals surface area contributed by atoms with Gasteiger partial charge in [-0.25, -0.2) is 5.43 Å². The monoisotopic (exact) mass is 476 g/mol. The Morgan fingerprint density at radius 2 is 1.75 bits per heavy atom. The normalized spacial score (nSPS) is 10.7. The third kappa shape index (κ3) is 4.28. The molecule has 0 atom stereocenters. The zero-order valence-corrected chi connectivity index (χ0v) is 17.0. The standard InChI is InChI=1S/C15H14Br2N2O4S/c1-21-11-4-8(5-12(22-2)13(11)23-3)15(20)19-18-7-9-6-10(16)14(17)24-9/h4-7H,1-3H3,(H,19,20). The minimum Gasteiger partial charge on any atom is -0.493 e. The third-order valence-electron chi connectivity index (χ3n) is 2.95. The average Bonchev–Trinajstić information content (AvgIpc) is 2.91. The number of nitrogens with zero attached hydrogens (tertiary/aromatic N) is 1. The lowest BCUT2D eigenvalue weighted by atomic mass is 10.1. The lowest BCUT2D eigenvalue weighted by Crippen LogP contribution is -2.17.